The highest BCUT2D eigenvalue weighted by atomic mass is 16.5. The van der Waals surface area contributed by atoms with Crippen molar-refractivity contribution in [2.24, 2.45) is 5.92 Å². The number of nitrogens with one attached hydrogen (secondary N) is 1. The highest BCUT2D eigenvalue weighted by molar-refractivity contribution is 6.00. The van der Waals surface area contributed by atoms with Gasteiger partial charge < -0.3 is 4.74 Å². The number of hydrogen-bond acceptors (Lipinski definition) is 4. The van der Waals surface area contributed by atoms with Gasteiger partial charge in [0, 0.05) is 17.5 Å². The molecule has 0 amide bonds. The summed E-state index contributed by atoms with van der Waals surface area (Å²) in [6.45, 7) is 2.00. The van der Waals surface area contributed by atoms with Gasteiger partial charge in [0.1, 0.15) is 6.04 Å². The van der Waals surface area contributed by atoms with Crippen molar-refractivity contribution in [3.8, 4) is 0 Å². The van der Waals surface area contributed by atoms with E-state index in [2.05, 4.69) is 5.32 Å². The second-order valence-corrected chi connectivity index (χ2v) is 7.75. The largest absolute Gasteiger partial charge is 0.468 e. The van der Waals surface area contributed by atoms with E-state index in [0.29, 0.717) is 5.56 Å². The van der Waals surface area contributed by atoms with E-state index in [0.717, 1.165) is 16.7 Å². The molecule has 4 heteroatoms. The van der Waals surface area contributed by atoms with Crippen LogP contribution in [0.15, 0.2) is 84.9 Å². The molecule has 0 aliphatic carbocycles. The molecule has 0 radical (unpaired) electrons. The molecular weight excluding hydrogens is 374 g/mol. The molecule has 4 nitrogen and oxygen atoms in total. The van der Waals surface area contributed by atoms with Crippen LogP contribution in [-0.2, 0) is 9.53 Å². The van der Waals surface area contributed by atoms with Crippen molar-refractivity contribution >= 4 is 11.8 Å². The van der Waals surface area contributed by atoms with Crippen LogP contribution in [0.2, 0.25) is 0 Å². The molecule has 1 saturated heterocycles. The fourth-order valence-electron chi connectivity index (χ4n) is 4.42. The Kier molecular flexibility index (Phi) is 5.77. The predicted molar refractivity (Wildman–Crippen MR) is 116 cm³/mol. The van der Waals surface area contributed by atoms with Crippen molar-refractivity contribution in [1.82, 2.24) is 5.32 Å². The van der Waals surface area contributed by atoms with Crippen molar-refractivity contribution in [2.75, 3.05) is 7.11 Å². The average Bonchev–Trinajstić information content (AvgIpc) is 3.20. The van der Waals surface area contributed by atoms with Crippen LogP contribution in [-0.4, -0.2) is 24.9 Å². The van der Waals surface area contributed by atoms with Crippen molar-refractivity contribution in [2.45, 2.75) is 24.9 Å². The highest BCUT2D eigenvalue weighted by Gasteiger charge is 2.51. The van der Waals surface area contributed by atoms with Gasteiger partial charge in [-0.1, -0.05) is 90.5 Å². The van der Waals surface area contributed by atoms with Crippen LogP contribution in [0, 0.1) is 12.8 Å². The zero-order valence-electron chi connectivity index (χ0n) is 17.1. The standard InChI is InChI=1S/C26H25NO3/c1-17-13-15-20(16-14-17)25(28)22-21(18-9-5-3-6-10-18)24(26(29)30-2)27-23(22)19-11-7-4-8-12-19/h3-16,21-24,27H,1-2H3/t21-,22?,23?,24-/m0/s1. The number of hydrogen-bond donors (Lipinski definition) is 1. The molecule has 152 valence electrons. The quantitative estimate of drug-likeness (QED) is 0.508. The summed E-state index contributed by atoms with van der Waals surface area (Å²) in [5, 5.41) is 3.42. The molecule has 1 N–H and O–H groups in total. The number of rotatable bonds is 5. The minimum absolute atomic E-state index is 0.0246. The van der Waals surface area contributed by atoms with Crippen LogP contribution in [0.1, 0.15) is 39.0 Å². The molecule has 2 unspecified atom stereocenters. The summed E-state index contributed by atoms with van der Waals surface area (Å²) in [4.78, 5) is 26.5. The first-order valence-electron chi connectivity index (χ1n) is 10.1. The minimum Gasteiger partial charge on any atom is -0.468 e. The summed E-state index contributed by atoms with van der Waals surface area (Å²) in [7, 11) is 1.39. The second kappa shape index (κ2) is 8.64. The Labute approximate surface area is 176 Å². The zero-order chi connectivity index (χ0) is 21.1. The van der Waals surface area contributed by atoms with E-state index in [-0.39, 0.29) is 23.7 Å². The van der Waals surface area contributed by atoms with Gasteiger partial charge in [0.2, 0.25) is 0 Å². The molecular formula is C26H25NO3. The third kappa shape index (κ3) is 3.79. The third-order valence-corrected chi connectivity index (χ3v) is 5.90. The maximum absolute atomic E-state index is 13.8. The van der Waals surface area contributed by atoms with Crippen LogP contribution >= 0.6 is 0 Å². The van der Waals surface area contributed by atoms with Crippen LogP contribution < -0.4 is 5.32 Å². The van der Waals surface area contributed by atoms with Crippen molar-refractivity contribution in [3.05, 3.63) is 107 Å². The van der Waals surface area contributed by atoms with Crippen molar-refractivity contribution in [1.29, 1.82) is 0 Å². The molecule has 3 aromatic rings. The lowest BCUT2D eigenvalue weighted by Gasteiger charge is -2.25. The maximum atomic E-state index is 13.8. The monoisotopic (exact) mass is 399 g/mol. The summed E-state index contributed by atoms with van der Waals surface area (Å²) in [5.74, 6) is -1.11. The third-order valence-electron chi connectivity index (χ3n) is 5.90. The number of ether oxygens (including phenoxy) is 1. The Bertz CT molecular complexity index is 1020. The molecule has 4 rings (SSSR count). The summed E-state index contributed by atoms with van der Waals surface area (Å²) in [6.07, 6.45) is 0. The normalized spacial score (nSPS) is 23.1. The fourth-order valence-corrected chi connectivity index (χ4v) is 4.42. The Hall–Kier alpha value is -3.24. The molecule has 30 heavy (non-hydrogen) atoms. The smallest absolute Gasteiger partial charge is 0.323 e. The maximum Gasteiger partial charge on any atom is 0.323 e. The summed E-state index contributed by atoms with van der Waals surface area (Å²) >= 11 is 0. The van der Waals surface area contributed by atoms with E-state index in [9.17, 15) is 9.59 Å². The number of benzene rings is 3. The first kappa shape index (κ1) is 20.0. The Balaban J connectivity index is 1.84. The van der Waals surface area contributed by atoms with E-state index in [1.807, 2.05) is 91.9 Å². The van der Waals surface area contributed by atoms with Gasteiger partial charge in [-0.2, -0.15) is 0 Å². The molecule has 0 bridgehead atoms. The first-order chi connectivity index (χ1) is 14.6. The molecule has 1 aliphatic rings. The number of esters is 1. The van der Waals surface area contributed by atoms with Gasteiger partial charge in [-0.3, -0.25) is 14.9 Å². The van der Waals surface area contributed by atoms with Crippen molar-refractivity contribution in [3.63, 3.8) is 0 Å². The summed E-state index contributed by atoms with van der Waals surface area (Å²) in [6, 6.07) is 26.3. The molecule has 0 saturated carbocycles. The highest BCUT2D eigenvalue weighted by Crippen LogP contribution is 2.45. The number of carbonyl (C=O) groups excluding carboxylic acids is 2. The molecule has 1 aliphatic heterocycles. The number of carbonyl (C=O) groups is 2. The summed E-state index contributed by atoms with van der Waals surface area (Å²) in [5.41, 5.74) is 3.68. The molecule has 4 atom stereocenters. The number of Topliss-reactive ketones (excluding diaryl/α,β-unsaturated/α-hetero) is 1. The molecule has 1 fully saturated rings. The lowest BCUT2D eigenvalue weighted by Crippen LogP contribution is -2.36. The van der Waals surface area contributed by atoms with Gasteiger partial charge in [0.25, 0.3) is 0 Å². The SMILES string of the molecule is COC(=O)[C@H]1NC(c2ccccc2)C(C(=O)c2ccc(C)cc2)[C@@H]1c1ccccc1. The topological polar surface area (TPSA) is 55.4 Å². The molecule has 3 aromatic carbocycles. The van der Waals surface area contributed by atoms with Gasteiger partial charge >= 0.3 is 5.97 Å². The number of aryl methyl sites for hydroxylation is 1. The van der Waals surface area contributed by atoms with Gasteiger partial charge in [-0.15, -0.1) is 0 Å². The van der Waals surface area contributed by atoms with Crippen LogP contribution in [0.25, 0.3) is 0 Å². The van der Waals surface area contributed by atoms with Crippen LogP contribution in [0.3, 0.4) is 0 Å². The lowest BCUT2D eigenvalue weighted by atomic mass is 9.76. The van der Waals surface area contributed by atoms with E-state index >= 15 is 0 Å². The zero-order valence-corrected chi connectivity index (χ0v) is 17.1. The Morgan fingerprint density at radius 2 is 1.37 bits per heavy atom. The second-order valence-electron chi connectivity index (χ2n) is 7.75. The van der Waals surface area contributed by atoms with E-state index in [1.54, 1.807) is 0 Å². The Morgan fingerprint density at radius 3 is 1.93 bits per heavy atom. The molecule has 0 aromatic heterocycles. The summed E-state index contributed by atoms with van der Waals surface area (Å²) < 4.78 is 5.11. The molecule has 1 heterocycles. The van der Waals surface area contributed by atoms with Crippen LogP contribution in [0.5, 0.6) is 0 Å². The van der Waals surface area contributed by atoms with Crippen LogP contribution in [0.4, 0.5) is 0 Å². The lowest BCUT2D eigenvalue weighted by molar-refractivity contribution is -0.143. The van der Waals surface area contributed by atoms with Gasteiger partial charge in [-0.05, 0) is 18.1 Å². The predicted octanol–water partition coefficient (Wildman–Crippen LogP) is 4.46. The number of ketones is 1. The first-order valence-corrected chi connectivity index (χ1v) is 10.1. The van der Waals surface area contributed by atoms with E-state index in [4.69, 9.17) is 4.74 Å². The van der Waals surface area contributed by atoms with Gasteiger partial charge in [0.15, 0.2) is 5.78 Å². The average molecular weight is 399 g/mol. The van der Waals surface area contributed by atoms with E-state index < -0.39 is 12.0 Å². The van der Waals surface area contributed by atoms with Gasteiger partial charge in [0.05, 0.1) is 13.0 Å². The minimum atomic E-state index is -0.609. The van der Waals surface area contributed by atoms with Crippen molar-refractivity contribution < 1.29 is 14.3 Å². The van der Waals surface area contributed by atoms with E-state index in [1.165, 1.54) is 7.11 Å². The fraction of sp³-hybridized carbons (Fsp3) is 0.231. The van der Waals surface area contributed by atoms with Gasteiger partial charge in [-0.25, -0.2) is 0 Å². The molecule has 0 spiro atoms. The Morgan fingerprint density at radius 1 is 0.800 bits per heavy atom. The number of methoxy groups -OCH3 is 1.